The number of nitro groups is 1. The molecular formula is C17H14N2O4. The summed E-state index contributed by atoms with van der Waals surface area (Å²) in [4.78, 5) is 25.8. The van der Waals surface area contributed by atoms with E-state index in [2.05, 4.69) is 4.98 Å². The fourth-order valence-corrected chi connectivity index (χ4v) is 2.67. The number of nitrogens with zero attached hydrogens (tertiary/aromatic N) is 1. The van der Waals surface area contributed by atoms with Crippen LogP contribution in [0.1, 0.15) is 5.56 Å². The molecule has 23 heavy (non-hydrogen) atoms. The van der Waals surface area contributed by atoms with Crippen molar-refractivity contribution in [2.45, 2.75) is 6.42 Å². The Kier molecular flexibility index (Phi) is 3.80. The first-order chi connectivity index (χ1) is 11.1. The van der Waals surface area contributed by atoms with Crippen LogP contribution in [0.15, 0.2) is 48.5 Å². The van der Waals surface area contributed by atoms with Crippen molar-refractivity contribution in [1.29, 1.82) is 0 Å². The lowest BCUT2D eigenvalue weighted by Crippen LogP contribution is -2.05. The minimum absolute atomic E-state index is 0.00910. The van der Waals surface area contributed by atoms with Gasteiger partial charge in [-0.2, -0.15) is 0 Å². The highest BCUT2D eigenvalue weighted by molar-refractivity contribution is 5.95. The summed E-state index contributed by atoms with van der Waals surface area (Å²) < 4.78 is 4.75. The van der Waals surface area contributed by atoms with E-state index in [1.807, 2.05) is 24.3 Å². The minimum Gasteiger partial charge on any atom is -0.469 e. The Morgan fingerprint density at radius 1 is 1.17 bits per heavy atom. The van der Waals surface area contributed by atoms with Gasteiger partial charge in [0.25, 0.3) is 5.69 Å². The molecule has 0 saturated carbocycles. The Bertz CT molecular complexity index is 898. The average Bonchev–Trinajstić information content (AvgIpc) is 2.93. The molecule has 0 bridgehead atoms. The third-order valence-electron chi connectivity index (χ3n) is 3.73. The molecule has 1 heterocycles. The molecule has 0 radical (unpaired) electrons. The number of ether oxygens (including phenoxy) is 1. The van der Waals surface area contributed by atoms with Crippen molar-refractivity contribution in [3.8, 4) is 11.3 Å². The quantitative estimate of drug-likeness (QED) is 0.454. The number of benzene rings is 2. The molecular weight excluding hydrogens is 296 g/mol. The fourth-order valence-electron chi connectivity index (χ4n) is 2.67. The molecule has 0 aliphatic carbocycles. The Balaban J connectivity index is 2.27. The number of carbonyl (C=O) groups is 1. The van der Waals surface area contributed by atoms with E-state index >= 15 is 0 Å². The number of nitrogens with one attached hydrogen (secondary N) is 1. The van der Waals surface area contributed by atoms with Gasteiger partial charge < -0.3 is 9.72 Å². The maximum atomic E-state index is 11.8. The summed E-state index contributed by atoms with van der Waals surface area (Å²) >= 11 is 0. The molecule has 0 atom stereocenters. The van der Waals surface area contributed by atoms with Crippen LogP contribution in [-0.2, 0) is 16.0 Å². The van der Waals surface area contributed by atoms with Crippen LogP contribution in [0.4, 0.5) is 5.69 Å². The van der Waals surface area contributed by atoms with E-state index in [0.29, 0.717) is 16.8 Å². The molecule has 116 valence electrons. The molecule has 6 nitrogen and oxygen atoms in total. The van der Waals surface area contributed by atoms with Gasteiger partial charge in [-0.1, -0.05) is 30.3 Å². The van der Waals surface area contributed by atoms with E-state index in [0.717, 1.165) is 10.9 Å². The van der Waals surface area contributed by atoms with Gasteiger partial charge in [0.1, 0.15) is 0 Å². The van der Waals surface area contributed by atoms with Crippen LogP contribution in [0.2, 0.25) is 0 Å². The highest BCUT2D eigenvalue weighted by atomic mass is 16.6. The van der Waals surface area contributed by atoms with Crippen LogP contribution < -0.4 is 0 Å². The number of para-hydroxylation sites is 2. The van der Waals surface area contributed by atoms with Crippen molar-refractivity contribution < 1.29 is 14.5 Å². The standard InChI is InChI=1S/C17H14N2O4/c1-23-16(20)10-13-11-6-2-4-8-14(11)18-17(13)12-7-3-5-9-15(12)19(21)22/h2-9,18H,10H2,1H3. The number of aromatic amines is 1. The second kappa shape index (κ2) is 5.92. The molecule has 6 heteroatoms. The predicted octanol–water partition coefficient (Wildman–Crippen LogP) is 3.46. The first kappa shape index (κ1) is 14.8. The Morgan fingerprint density at radius 2 is 1.87 bits per heavy atom. The summed E-state index contributed by atoms with van der Waals surface area (Å²) in [6, 6.07) is 13.9. The summed E-state index contributed by atoms with van der Waals surface area (Å²) in [5.74, 6) is -0.394. The van der Waals surface area contributed by atoms with Crippen molar-refractivity contribution in [2.75, 3.05) is 7.11 Å². The van der Waals surface area contributed by atoms with Crippen molar-refractivity contribution >= 4 is 22.6 Å². The average molecular weight is 310 g/mol. The SMILES string of the molecule is COC(=O)Cc1c(-c2ccccc2[N+](=O)[O-])[nH]c2ccccc12. The lowest BCUT2D eigenvalue weighted by molar-refractivity contribution is -0.384. The Morgan fingerprint density at radius 3 is 2.61 bits per heavy atom. The zero-order valence-corrected chi connectivity index (χ0v) is 12.4. The first-order valence-corrected chi connectivity index (χ1v) is 7.02. The molecule has 0 aliphatic rings. The molecule has 2 aromatic carbocycles. The van der Waals surface area contributed by atoms with Crippen LogP contribution in [0.25, 0.3) is 22.2 Å². The zero-order valence-electron chi connectivity index (χ0n) is 12.4. The number of nitro benzene ring substituents is 1. The van der Waals surface area contributed by atoms with Crippen LogP contribution in [-0.4, -0.2) is 23.0 Å². The van der Waals surface area contributed by atoms with Crippen LogP contribution >= 0.6 is 0 Å². The van der Waals surface area contributed by atoms with Gasteiger partial charge in [-0.25, -0.2) is 0 Å². The van der Waals surface area contributed by atoms with Gasteiger partial charge in [0.2, 0.25) is 0 Å². The summed E-state index contributed by atoms with van der Waals surface area (Å²) in [6.45, 7) is 0. The number of H-pyrrole nitrogens is 1. The molecule has 0 unspecified atom stereocenters. The van der Waals surface area contributed by atoms with Gasteiger partial charge in [0.05, 0.1) is 29.7 Å². The van der Waals surface area contributed by atoms with Gasteiger partial charge in [-0.3, -0.25) is 14.9 Å². The van der Waals surface area contributed by atoms with Gasteiger partial charge in [0.15, 0.2) is 0 Å². The van der Waals surface area contributed by atoms with Crippen LogP contribution in [0.5, 0.6) is 0 Å². The lowest BCUT2D eigenvalue weighted by Gasteiger charge is -2.05. The van der Waals surface area contributed by atoms with E-state index in [1.165, 1.54) is 13.2 Å². The van der Waals surface area contributed by atoms with Crippen molar-refractivity contribution in [3.63, 3.8) is 0 Å². The molecule has 0 spiro atoms. The second-order valence-corrected chi connectivity index (χ2v) is 5.05. The molecule has 1 aromatic heterocycles. The number of rotatable bonds is 4. The smallest absolute Gasteiger partial charge is 0.310 e. The summed E-state index contributed by atoms with van der Waals surface area (Å²) in [5.41, 5.74) is 2.53. The molecule has 0 amide bonds. The van der Waals surface area contributed by atoms with Crippen molar-refractivity contribution in [2.24, 2.45) is 0 Å². The van der Waals surface area contributed by atoms with Gasteiger partial charge in [-0.15, -0.1) is 0 Å². The fraction of sp³-hybridized carbons (Fsp3) is 0.118. The van der Waals surface area contributed by atoms with Gasteiger partial charge in [-0.05, 0) is 17.7 Å². The topological polar surface area (TPSA) is 85.2 Å². The van der Waals surface area contributed by atoms with Crippen molar-refractivity contribution in [1.82, 2.24) is 4.98 Å². The lowest BCUT2D eigenvalue weighted by atomic mass is 10.0. The maximum absolute atomic E-state index is 11.8. The van der Waals surface area contributed by atoms with E-state index in [9.17, 15) is 14.9 Å². The highest BCUT2D eigenvalue weighted by Gasteiger charge is 2.22. The molecule has 0 fully saturated rings. The molecule has 1 N–H and O–H groups in total. The third-order valence-corrected chi connectivity index (χ3v) is 3.73. The molecule has 0 saturated heterocycles. The number of esters is 1. The summed E-state index contributed by atoms with van der Waals surface area (Å²) in [5, 5.41) is 12.2. The third kappa shape index (κ3) is 2.66. The monoisotopic (exact) mass is 310 g/mol. The van der Waals surface area contributed by atoms with Crippen LogP contribution in [0, 0.1) is 10.1 Å². The minimum atomic E-state index is -0.428. The Labute approximate surface area is 131 Å². The predicted molar refractivity (Wildman–Crippen MR) is 86.1 cm³/mol. The number of fused-ring (bicyclic) bond motifs is 1. The summed E-state index contributed by atoms with van der Waals surface area (Å²) in [6.07, 6.45) is 0.0435. The van der Waals surface area contributed by atoms with Crippen LogP contribution in [0.3, 0.4) is 0 Å². The van der Waals surface area contributed by atoms with E-state index in [4.69, 9.17) is 4.74 Å². The number of hydrogen-bond acceptors (Lipinski definition) is 4. The van der Waals surface area contributed by atoms with E-state index < -0.39 is 10.9 Å². The number of methoxy groups -OCH3 is 1. The summed E-state index contributed by atoms with van der Waals surface area (Å²) in [7, 11) is 1.32. The number of carbonyl (C=O) groups excluding carboxylic acids is 1. The normalized spacial score (nSPS) is 10.7. The largest absolute Gasteiger partial charge is 0.469 e. The highest BCUT2D eigenvalue weighted by Crippen LogP contribution is 2.35. The Hall–Kier alpha value is -3.15. The van der Waals surface area contributed by atoms with Crippen molar-refractivity contribution in [3.05, 3.63) is 64.2 Å². The second-order valence-electron chi connectivity index (χ2n) is 5.05. The first-order valence-electron chi connectivity index (χ1n) is 7.02. The molecule has 3 aromatic rings. The van der Waals surface area contributed by atoms with E-state index in [-0.39, 0.29) is 12.1 Å². The number of hydrogen-bond donors (Lipinski definition) is 1. The molecule has 3 rings (SSSR count). The molecule has 0 aliphatic heterocycles. The van der Waals surface area contributed by atoms with E-state index in [1.54, 1.807) is 18.2 Å². The van der Waals surface area contributed by atoms with Gasteiger partial charge >= 0.3 is 5.97 Å². The van der Waals surface area contributed by atoms with Gasteiger partial charge in [0, 0.05) is 17.0 Å². The maximum Gasteiger partial charge on any atom is 0.310 e. The number of aromatic nitrogens is 1. The zero-order chi connectivity index (χ0) is 16.4.